The Bertz CT molecular complexity index is 208. The largest absolute Gasteiger partial charge is 0.296 e. The van der Waals surface area contributed by atoms with E-state index in [1.165, 1.54) is 0 Å². The summed E-state index contributed by atoms with van der Waals surface area (Å²) in [5.41, 5.74) is 0. The van der Waals surface area contributed by atoms with Crippen LogP contribution in [0.25, 0.3) is 0 Å². The number of rotatable bonds is 1. The molecule has 1 fully saturated rings. The fourth-order valence-electron chi connectivity index (χ4n) is 1.34. The van der Waals surface area contributed by atoms with Crippen molar-refractivity contribution in [3.8, 4) is 0 Å². The first-order valence-electron chi connectivity index (χ1n) is 3.56. The van der Waals surface area contributed by atoms with E-state index in [0.29, 0.717) is 0 Å². The van der Waals surface area contributed by atoms with Crippen molar-refractivity contribution in [3.05, 3.63) is 12.2 Å². The molecule has 0 aromatic rings. The third kappa shape index (κ3) is 1.21. The van der Waals surface area contributed by atoms with Gasteiger partial charge in [0.15, 0.2) is 10.1 Å². The Labute approximate surface area is 76.4 Å². The van der Waals surface area contributed by atoms with Crippen LogP contribution in [0.4, 0.5) is 0 Å². The average Bonchev–Trinajstić information content (AvgIpc) is 1.98. The van der Waals surface area contributed by atoms with Gasteiger partial charge in [-0.05, 0) is 6.92 Å². The lowest BCUT2D eigenvalue weighted by molar-refractivity contribution is -0.132. The molecule has 0 aromatic carbocycles. The predicted molar refractivity (Wildman–Crippen MR) is 46.9 cm³/mol. The van der Waals surface area contributed by atoms with Crippen molar-refractivity contribution in [1.82, 2.24) is 0 Å². The van der Waals surface area contributed by atoms with Gasteiger partial charge in [0.1, 0.15) is 0 Å². The zero-order valence-corrected chi connectivity index (χ0v) is 7.99. The fraction of sp³-hybridized carbons (Fsp3) is 0.625. The van der Waals surface area contributed by atoms with Crippen molar-refractivity contribution in [2.45, 2.75) is 18.2 Å². The zero-order chi connectivity index (χ0) is 8.65. The summed E-state index contributed by atoms with van der Waals surface area (Å²) in [6.07, 6.45) is 3.75. The van der Waals surface area contributed by atoms with Gasteiger partial charge in [-0.1, -0.05) is 42.3 Å². The quantitative estimate of drug-likeness (QED) is 0.462. The lowest BCUT2D eigenvalue weighted by Crippen LogP contribution is -2.54. The van der Waals surface area contributed by atoms with Crippen LogP contribution in [0.2, 0.25) is 0 Å². The van der Waals surface area contributed by atoms with Crippen LogP contribution in [-0.2, 0) is 4.79 Å². The fourth-order valence-corrected chi connectivity index (χ4v) is 2.21. The molecule has 2 atom stereocenters. The Kier molecular flexibility index (Phi) is 2.31. The summed E-state index contributed by atoms with van der Waals surface area (Å²) in [5.74, 6) is -0.103. The average molecular weight is 193 g/mol. The third-order valence-corrected chi connectivity index (χ3v) is 2.98. The van der Waals surface area contributed by atoms with E-state index in [4.69, 9.17) is 23.2 Å². The molecule has 11 heavy (non-hydrogen) atoms. The van der Waals surface area contributed by atoms with E-state index in [1.54, 1.807) is 0 Å². The smallest absolute Gasteiger partial charge is 0.183 e. The lowest BCUT2D eigenvalue weighted by Gasteiger charge is -2.42. The summed E-state index contributed by atoms with van der Waals surface area (Å²) in [5, 5.41) is 0. The molecule has 1 nitrogen and oxygen atoms in total. The Morgan fingerprint density at radius 2 is 2.09 bits per heavy atom. The normalized spacial score (nSPS) is 35.8. The Morgan fingerprint density at radius 1 is 1.55 bits per heavy atom. The predicted octanol–water partition coefficient (Wildman–Crippen LogP) is 2.57. The Hall–Kier alpha value is -0.0100. The summed E-state index contributed by atoms with van der Waals surface area (Å²) < 4.78 is -1.16. The number of halogens is 2. The van der Waals surface area contributed by atoms with Gasteiger partial charge in [0.2, 0.25) is 0 Å². The highest BCUT2D eigenvalue weighted by atomic mass is 35.5. The van der Waals surface area contributed by atoms with E-state index >= 15 is 0 Å². The molecule has 0 N–H and O–H groups in total. The number of ketones is 1. The van der Waals surface area contributed by atoms with Crippen LogP contribution >= 0.6 is 23.2 Å². The van der Waals surface area contributed by atoms with Crippen LogP contribution in [-0.4, -0.2) is 10.1 Å². The van der Waals surface area contributed by atoms with Gasteiger partial charge in [-0.15, -0.1) is 0 Å². The molecule has 0 saturated heterocycles. The van der Waals surface area contributed by atoms with Crippen LogP contribution in [0, 0.1) is 11.8 Å². The summed E-state index contributed by atoms with van der Waals surface area (Å²) in [6, 6.07) is 0. The number of alkyl halides is 2. The maximum Gasteiger partial charge on any atom is 0.183 e. The minimum absolute atomic E-state index is 0.0108. The molecular formula is C8H10Cl2O. The first kappa shape index (κ1) is 9.08. The number of Topliss-reactive ketones (excluding diaryl/α,β-unsaturated/α-hetero) is 1. The van der Waals surface area contributed by atoms with Crippen molar-refractivity contribution < 1.29 is 4.79 Å². The third-order valence-electron chi connectivity index (χ3n) is 2.10. The molecule has 1 aliphatic rings. The highest BCUT2D eigenvalue weighted by molar-refractivity contribution is 6.60. The number of hydrogen-bond acceptors (Lipinski definition) is 1. The molecule has 3 heteroatoms. The van der Waals surface area contributed by atoms with Gasteiger partial charge in [-0.25, -0.2) is 0 Å². The van der Waals surface area contributed by atoms with Crippen LogP contribution < -0.4 is 0 Å². The van der Waals surface area contributed by atoms with Crippen LogP contribution in [0.3, 0.4) is 0 Å². The SMILES string of the molecule is C/C=C/[C@@H]1[C@@H](C)C(=O)C1(Cl)Cl. The second kappa shape index (κ2) is 2.80. The van der Waals surface area contributed by atoms with Gasteiger partial charge in [-0.2, -0.15) is 0 Å². The highest BCUT2D eigenvalue weighted by Gasteiger charge is 2.56. The van der Waals surface area contributed by atoms with Crippen molar-refractivity contribution >= 4 is 29.0 Å². The maximum atomic E-state index is 11.1. The molecule has 1 saturated carbocycles. The van der Waals surface area contributed by atoms with Gasteiger partial charge >= 0.3 is 0 Å². The van der Waals surface area contributed by atoms with Gasteiger partial charge in [-0.3, -0.25) is 4.79 Å². The lowest BCUT2D eigenvalue weighted by atomic mass is 9.72. The monoisotopic (exact) mass is 192 g/mol. The zero-order valence-electron chi connectivity index (χ0n) is 6.47. The second-order valence-electron chi connectivity index (χ2n) is 2.83. The topological polar surface area (TPSA) is 17.1 Å². The van der Waals surface area contributed by atoms with Gasteiger partial charge < -0.3 is 0 Å². The number of allylic oxidation sites excluding steroid dienone is 2. The molecule has 62 valence electrons. The standard InChI is InChI=1S/C8H10Cl2O/c1-3-4-6-5(2)7(11)8(6,9)10/h3-6H,1-2H3/b4-3+/t5-,6-/m1/s1. The van der Waals surface area contributed by atoms with Gasteiger partial charge in [0.05, 0.1) is 0 Å². The summed E-state index contributed by atoms with van der Waals surface area (Å²) >= 11 is 11.5. The molecule has 1 rings (SSSR count). The van der Waals surface area contributed by atoms with Gasteiger partial charge in [0, 0.05) is 11.8 Å². The van der Waals surface area contributed by atoms with E-state index in [9.17, 15) is 4.79 Å². The Balaban J connectivity index is 2.76. The van der Waals surface area contributed by atoms with Crippen molar-refractivity contribution in [2.75, 3.05) is 0 Å². The van der Waals surface area contributed by atoms with Crippen molar-refractivity contribution in [3.63, 3.8) is 0 Å². The molecule has 0 spiro atoms. The number of carbonyl (C=O) groups excluding carboxylic acids is 1. The first-order valence-corrected chi connectivity index (χ1v) is 4.32. The van der Waals surface area contributed by atoms with Crippen LogP contribution in [0.1, 0.15) is 13.8 Å². The second-order valence-corrected chi connectivity index (χ2v) is 4.21. The summed E-state index contributed by atoms with van der Waals surface area (Å²) in [7, 11) is 0. The van der Waals surface area contributed by atoms with E-state index < -0.39 is 4.33 Å². The first-order chi connectivity index (χ1) is 5.01. The molecule has 0 aliphatic heterocycles. The molecular weight excluding hydrogens is 183 g/mol. The Morgan fingerprint density at radius 3 is 2.45 bits per heavy atom. The minimum atomic E-state index is -1.16. The number of hydrogen-bond donors (Lipinski definition) is 0. The minimum Gasteiger partial charge on any atom is -0.296 e. The van der Waals surface area contributed by atoms with Crippen molar-refractivity contribution in [1.29, 1.82) is 0 Å². The van der Waals surface area contributed by atoms with E-state index in [0.717, 1.165) is 0 Å². The van der Waals surface area contributed by atoms with Crippen molar-refractivity contribution in [2.24, 2.45) is 11.8 Å². The molecule has 1 aliphatic carbocycles. The van der Waals surface area contributed by atoms with Crippen LogP contribution in [0.15, 0.2) is 12.2 Å². The molecule has 0 bridgehead atoms. The maximum absolute atomic E-state index is 11.1. The molecule has 0 heterocycles. The highest BCUT2D eigenvalue weighted by Crippen LogP contribution is 2.49. The van der Waals surface area contributed by atoms with Crippen LogP contribution in [0.5, 0.6) is 0 Å². The van der Waals surface area contributed by atoms with Gasteiger partial charge in [0.25, 0.3) is 0 Å². The van der Waals surface area contributed by atoms with E-state index in [1.807, 2.05) is 26.0 Å². The molecule has 0 unspecified atom stereocenters. The number of carbonyl (C=O) groups is 1. The molecule has 0 radical (unpaired) electrons. The summed E-state index contributed by atoms with van der Waals surface area (Å²) in [6.45, 7) is 3.73. The van der Waals surface area contributed by atoms with E-state index in [-0.39, 0.29) is 17.6 Å². The van der Waals surface area contributed by atoms with E-state index in [2.05, 4.69) is 0 Å². The summed E-state index contributed by atoms with van der Waals surface area (Å²) in [4.78, 5) is 11.1. The molecule has 0 amide bonds. The molecule has 0 aromatic heterocycles.